The molecule has 0 saturated carbocycles. The standard InChI is InChI=1S/C23H25FN2O2S/c24-20-6-2-1-5-19(20)21-9-7-18(29-21)8-10-22(27)25-15-11-17(12-16-25)23(28)26-13-3-4-14-26/h1-2,5-10,17H,3-4,11-16H2/b10-8+. The molecule has 2 aliphatic heterocycles. The minimum absolute atomic E-state index is 0.0297. The van der Waals surface area contributed by atoms with E-state index in [1.54, 1.807) is 24.3 Å². The van der Waals surface area contributed by atoms with Crippen LogP contribution in [0.3, 0.4) is 0 Å². The molecule has 0 bridgehead atoms. The van der Waals surface area contributed by atoms with Gasteiger partial charge in [-0.05, 0) is 50.0 Å². The summed E-state index contributed by atoms with van der Waals surface area (Å²) in [5.74, 6) is 0.0522. The molecule has 2 fully saturated rings. The van der Waals surface area contributed by atoms with Crippen LogP contribution in [0, 0.1) is 11.7 Å². The highest BCUT2D eigenvalue weighted by Gasteiger charge is 2.30. The predicted octanol–water partition coefficient (Wildman–Crippen LogP) is 4.43. The molecule has 4 rings (SSSR count). The number of carbonyl (C=O) groups is 2. The Bertz CT molecular complexity index is 909. The summed E-state index contributed by atoms with van der Waals surface area (Å²) in [6.07, 6.45) is 7.07. The van der Waals surface area contributed by atoms with Gasteiger partial charge in [-0.3, -0.25) is 9.59 Å². The van der Waals surface area contributed by atoms with E-state index in [9.17, 15) is 14.0 Å². The number of rotatable bonds is 4. The van der Waals surface area contributed by atoms with Crippen molar-refractivity contribution in [3.63, 3.8) is 0 Å². The van der Waals surface area contributed by atoms with Gasteiger partial charge >= 0.3 is 0 Å². The highest BCUT2D eigenvalue weighted by Crippen LogP contribution is 2.30. The van der Waals surface area contributed by atoms with Crippen molar-refractivity contribution < 1.29 is 14.0 Å². The average Bonchev–Trinajstić information content (AvgIpc) is 3.44. The third-order valence-electron chi connectivity index (χ3n) is 5.73. The first-order valence-corrected chi connectivity index (χ1v) is 11.0. The summed E-state index contributed by atoms with van der Waals surface area (Å²) >= 11 is 1.46. The van der Waals surface area contributed by atoms with Gasteiger partial charge < -0.3 is 9.80 Å². The molecule has 0 N–H and O–H groups in total. The Morgan fingerprint density at radius 2 is 1.69 bits per heavy atom. The van der Waals surface area contributed by atoms with Crippen molar-refractivity contribution in [2.45, 2.75) is 25.7 Å². The van der Waals surface area contributed by atoms with Crippen molar-refractivity contribution in [3.05, 3.63) is 53.2 Å². The van der Waals surface area contributed by atoms with E-state index in [1.807, 2.05) is 28.0 Å². The van der Waals surface area contributed by atoms with Crippen LogP contribution in [0.25, 0.3) is 16.5 Å². The lowest BCUT2D eigenvalue weighted by Crippen LogP contribution is -2.43. The zero-order valence-corrected chi connectivity index (χ0v) is 17.2. The van der Waals surface area contributed by atoms with Gasteiger partial charge in [-0.1, -0.05) is 18.2 Å². The van der Waals surface area contributed by atoms with E-state index in [4.69, 9.17) is 0 Å². The molecule has 0 unspecified atom stereocenters. The minimum Gasteiger partial charge on any atom is -0.342 e. The van der Waals surface area contributed by atoms with Crippen LogP contribution in [-0.2, 0) is 9.59 Å². The molecule has 2 aromatic rings. The highest BCUT2D eigenvalue weighted by atomic mass is 32.1. The summed E-state index contributed by atoms with van der Waals surface area (Å²) in [4.78, 5) is 30.6. The van der Waals surface area contributed by atoms with Gasteiger partial charge in [-0.25, -0.2) is 4.39 Å². The van der Waals surface area contributed by atoms with Crippen LogP contribution in [0.2, 0.25) is 0 Å². The molecule has 2 saturated heterocycles. The quantitative estimate of drug-likeness (QED) is 0.697. The van der Waals surface area contributed by atoms with Gasteiger partial charge in [-0.15, -0.1) is 11.3 Å². The van der Waals surface area contributed by atoms with Gasteiger partial charge in [0.25, 0.3) is 0 Å². The maximum atomic E-state index is 13.9. The highest BCUT2D eigenvalue weighted by molar-refractivity contribution is 7.16. The van der Waals surface area contributed by atoms with Crippen LogP contribution in [0.1, 0.15) is 30.6 Å². The van der Waals surface area contributed by atoms with E-state index in [0.717, 1.165) is 48.5 Å². The summed E-state index contributed by atoms with van der Waals surface area (Å²) in [6.45, 7) is 3.02. The molecule has 3 heterocycles. The molecule has 0 spiro atoms. The lowest BCUT2D eigenvalue weighted by Gasteiger charge is -2.32. The smallest absolute Gasteiger partial charge is 0.246 e. The first-order chi connectivity index (χ1) is 14.1. The van der Waals surface area contributed by atoms with Gasteiger partial charge in [0.15, 0.2) is 0 Å². The van der Waals surface area contributed by atoms with Gasteiger partial charge in [0.1, 0.15) is 5.82 Å². The summed E-state index contributed by atoms with van der Waals surface area (Å²) in [5.41, 5.74) is 0.577. The van der Waals surface area contributed by atoms with Crippen molar-refractivity contribution >= 4 is 29.2 Å². The largest absolute Gasteiger partial charge is 0.342 e. The molecule has 2 aliphatic rings. The molecule has 2 amide bonds. The van der Waals surface area contributed by atoms with E-state index >= 15 is 0 Å². The maximum Gasteiger partial charge on any atom is 0.246 e. The molecule has 1 aromatic carbocycles. The van der Waals surface area contributed by atoms with Crippen LogP contribution >= 0.6 is 11.3 Å². The number of halogens is 1. The topological polar surface area (TPSA) is 40.6 Å². The van der Waals surface area contributed by atoms with Crippen LogP contribution < -0.4 is 0 Å². The Morgan fingerprint density at radius 1 is 0.966 bits per heavy atom. The normalized spacial score (nSPS) is 18.0. The zero-order chi connectivity index (χ0) is 20.2. The molecular formula is C23H25FN2O2S. The van der Waals surface area contributed by atoms with E-state index in [0.29, 0.717) is 18.7 Å². The van der Waals surface area contributed by atoms with Crippen molar-refractivity contribution in [3.8, 4) is 10.4 Å². The molecule has 1 aromatic heterocycles. The lowest BCUT2D eigenvalue weighted by atomic mass is 9.95. The summed E-state index contributed by atoms with van der Waals surface area (Å²) in [6, 6.07) is 10.5. The second kappa shape index (κ2) is 8.91. The van der Waals surface area contributed by atoms with Gasteiger partial charge in [0, 0.05) is 53.5 Å². The average molecular weight is 413 g/mol. The Kier molecular flexibility index (Phi) is 6.09. The third kappa shape index (κ3) is 4.58. The number of hydrogen-bond acceptors (Lipinski definition) is 3. The van der Waals surface area contributed by atoms with E-state index < -0.39 is 0 Å². The van der Waals surface area contributed by atoms with Crippen LogP contribution in [0.15, 0.2) is 42.5 Å². The third-order valence-corrected chi connectivity index (χ3v) is 6.81. The second-order valence-corrected chi connectivity index (χ2v) is 8.76. The Morgan fingerprint density at radius 3 is 2.41 bits per heavy atom. The number of amides is 2. The molecule has 152 valence electrons. The molecule has 6 heteroatoms. The van der Waals surface area contributed by atoms with Crippen LogP contribution in [0.4, 0.5) is 4.39 Å². The van der Waals surface area contributed by atoms with E-state index in [1.165, 1.54) is 17.4 Å². The SMILES string of the molecule is O=C(/C=C/c1ccc(-c2ccccc2F)s1)N1CCC(C(=O)N2CCCC2)CC1. The molecule has 0 atom stereocenters. The van der Waals surface area contributed by atoms with E-state index in [2.05, 4.69) is 0 Å². The second-order valence-electron chi connectivity index (χ2n) is 7.65. The summed E-state index contributed by atoms with van der Waals surface area (Å²) in [5, 5.41) is 0. The van der Waals surface area contributed by atoms with Crippen molar-refractivity contribution in [2.75, 3.05) is 26.2 Å². The Labute approximate surface area is 174 Å². The fourth-order valence-electron chi connectivity index (χ4n) is 4.05. The molecule has 0 aliphatic carbocycles. The fourth-order valence-corrected chi connectivity index (χ4v) is 4.99. The van der Waals surface area contributed by atoms with Gasteiger partial charge in [-0.2, -0.15) is 0 Å². The Balaban J connectivity index is 1.31. The van der Waals surface area contributed by atoms with Crippen molar-refractivity contribution in [1.82, 2.24) is 9.80 Å². The number of hydrogen-bond donors (Lipinski definition) is 0. The lowest BCUT2D eigenvalue weighted by molar-refractivity contribution is -0.138. The molecule has 29 heavy (non-hydrogen) atoms. The summed E-state index contributed by atoms with van der Waals surface area (Å²) in [7, 11) is 0. The number of piperidine rings is 1. The molecule has 4 nitrogen and oxygen atoms in total. The molecule has 0 radical (unpaired) electrons. The monoisotopic (exact) mass is 412 g/mol. The zero-order valence-electron chi connectivity index (χ0n) is 16.4. The first kappa shape index (κ1) is 19.8. The van der Waals surface area contributed by atoms with Gasteiger partial charge in [0.2, 0.25) is 11.8 Å². The fraction of sp³-hybridized carbons (Fsp3) is 0.391. The van der Waals surface area contributed by atoms with Crippen molar-refractivity contribution in [1.29, 1.82) is 0 Å². The summed E-state index contributed by atoms with van der Waals surface area (Å²) < 4.78 is 13.9. The van der Waals surface area contributed by atoms with Crippen LogP contribution in [-0.4, -0.2) is 47.8 Å². The number of carbonyl (C=O) groups excluding carboxylic acids is 2. The number of likely N-dealkylation sites (tertiary alicyclic amines) is 2. The Hall–Kier alpha value is -2.47. The van der Waals surface area contributed by atoms with Gasteiger partial charge in [0.05, 0.1) is 0 Å². The van der Waals surface area contributed by atoms with E-state index in [-0.39, 0.29) is 23.5 Å². The minimum atomic E-state index is -0.243. The number of benzene rings is 1. The van der Waals surface area contributed by atoms with Crippen molar-refractivity contribution in [2.24, 2.45) is 5.92 Å². The van der Waals surface area contributed by atoms with Crippen LogP contribution in [0.5, 0.6) is 0 Å². The number of nitrogens with zero attached hydrogens (tertiary/aromatic N) is 2. The maximum absolute atomic E-state index is 13.9. The molecular weight excluding hydrogens is 387 g/mol. The predicted molar refractivity (Wildman–Crippen MR) is 114 cm³/mol. The first-order valence-electron chi connectivity index (χ1n) is 10.2. The number of thiophene rings is 1.